The van der Waals surface area contributed by atoms with E-state index in [1.165, 1.54) is 11.8 Å². The summed E-state index contributed by atoms with van der Waals surface area (Å²) in [4.78, 5) is 16.9. The van der Waals surface area contributed by atoms with Crippen molar-refractivity contribution in [2.45, 2.75) is 35.2 Å². The number of aromatic nitrogens is 3. The molecule has 1 aliphatic heterocycles. The van der Waals surface area contributed by atoms with Gasteiger partial charge < -0.3 is 10.6 Å². The molecule has 0 radical (unpaired) electrons. The third kappa shape index (κ3) is 4.14. The molecule has 1 aromatic carbocycles. The van der Waals surface area contributed by atoms with Crippen molar-refractivity contribution in [3.05, 3.63) is 46.6 Å². The zero-order valence-electron chi connectivity index (χ0n) is 14.8. The highest BCUT2D eigenvalue weighted by molar-refractivity contribution is 7.99. The summed E-state index contributed by atoms with van der Waals surface area (Å²) in [5.41, 5.74) is 7.52. The zero-order valence-corrected chi connectivity index (χ0v) is 17.2. The van der Waals surface area contributed by atoms with Crippen LogP contribution in [0.25, 0.3) is 11.2 Å². The van der Waals surface area contributed by atoms with Gasteiger partial charge in [0, 0.05) is 23.5 Å². The van der Waals surface area contributed by atoms with Gasteiger partial charge in [-0.2, -0.15) is 0 Å². The molecule has 0 atom stereocenters. The average Bonchev–Trinajstić information content (AvgIpc) is 2.65. The van der Waals surface area contributed by atoms with Crippen molar-refractivity contribution in [3.8, 4) is 0 Å². The van der Waals surface area contributed by atoms with Crippen LogP contribution in [0.1, 0.15) is 19.8 Å². The fourth-order valence-electron chi connectivity index (χ4n) is 3.01. The predicted octanol–water partition coefficient (Wildman–Crippen LogP) is 4.80. The van der Waals surface area contributed by atoms with Crippen LogP contribution in [0.4, 0.5) is 5.82 Å². The number of pyridine rings is 1. The minimum atomic E-state index is -0.0872. The Labute approximate surface area is 172 Å². The zero-order chi connectivity index (χ0) is 19.0. The summed E-state index contributed by atoms with van der Waals surface area (Å²) in [6, 6.07) is 9.42. The molecule has 0 spiro atoms. The molecule has 27 heavy (non-hydrogen) atoms. The van der Waals surface area contributed by atoms with Crippen LogP contribution in [0, 0.1) is 0 Å². The van der Waals surface area contributed by atoms with E-state index < -0.39 is 0 Å². The first-order valence-electron chi connectivity index (χ1n) is 8.71. The van der Waals surface area contributed by atoms with Crippen LogP contribution >= 0.6 is 35.0 Å². The number of anilines is 1. The Hall–Kier alpha value is -1.60. The Balaban J connectivity index is 1.56. The fraction of sp³-hybridized carbons (Fsp3) is 0.316. The predicted molar refractivity (Wildman–Crippen MR) is 112 cm³/mol. The summed E-state index contributed by atoms with van der Waals surface area (Å²) >= 11 is 13.8. The lowest BCUT2D eigenvalue weighted by atomic mass is 9.91. The lowest BCUT2D eigenvalue weighted by Crippen LogP contribution is -2.48. The molecule has 0 aliphatic carbocycles. The number of benzene rings is 1. The molecule has 0 saturated carbocycles. The van der Waals surface area contributed by atoms with E-state index >= 15 is 0 Å². The number of fused-ring (bicyclic) bond motifs is 1. The second-order valence-corrected chi connectivity index (χ2v) is 8.86. The number of hydrogen-bond acceptors (Lipinski definition) is 6. The van der Waals surface area contributed by atoms with Gasteiger partial charge in [-0.15, -0.1) is 0 Å². The first-order chi connectivity index (χ1) is 12.9. The molecule has 3 aromatic rings. The summed E-state index contributed by atoms with van der Waals surface area (Å²) < 4.78 is 0. The normalized spacial score (nSPS) is 16.7. The highest BCUT2D eigenvalue weighted by Gasteiger charge is 2.26. The van der Waals surface area contributed by atoms with Crippen LogP contribution in [0.3, 0.4) is 0 Å². The maximum atomic E-state index is 6.27. The second kappa shape index (κ2) is 7.43. The van der Waals surface area contributed by atoms with E-state index in [-0.39, 0.29) is 5.54 Å². The van der Waals surface area contributed by atoms with Crippen molar-refractivity contribution >= 4 is 51.9 Å². The molecule has 140 valence electrons. The van der Waals surface area contributed by atoms with Gasteiger partial charge in [0.15, 0.2) is 5.65 Å². The van der Waals surface area contributed by atoms with Gasteiger partial charge in [-0.3, -0.25) is 0 Å². The Kier molecular flexibility index (Phi) is 5.16. The number of hydrogen-bond donors (Lipinski definition) is 1. The van der Waals surface area contributed by atoms with Crippen LogP contribution in [-0.4, -0.2) is 33.6 Å². The van der Waals surface area contributed by atoms with Gasteiger partial charge in [-0.05, 0) is 44.0 Å². The lowest BCUT2D eigenvalue weighted by molar-refractivity contribution is 0.363. The van der Waals surface area contributed by atoms with E-state index in [0.29, 0.717) is 15.7 Å². The molecule has 0 bridgehead atoms. The standard InChI is InChI=1S/C19H19Cl2N5S/c1-19(22)7-9-26(10-8-19)15-11-23-18-13(24-15)5-6-16(25-18)27-14-4-2-3-12(20)17(14)21/h2-6,11H,7-10,22H2,1H3. The molecule has 8 heteroatoms. The van der Waals surface area contributed by atoms with E-state index in [1.807, 2.05) is 24.3 Å². The quantitative estimate of drug-likeness (QED) is 0.657. The molecular formula is C19H19Cl2N5S. The van der Waals surface area contributed by atoms with Gasteiger partial charge in [0.2, 0.25) is 0 Å². The van der Waals surface area contributed by atoms with Gasteiger partial charge >= 0.3 is 0 Å². The molecule has 3 heterocycles. The number of nitrogens with zero attached hydrogens (tertiary/aromatic N) is 4. The van der Waals surface area contributed by atoms with Crippen molar-refractivity contribution in [3.63, 3.8) is 0 Å². The van der Waals surface area contributed by atoms with E-state index in [2.05, 4.69) is 21.8 Å². The number of nitrogens with two attached hydrogens (primary N) is 1. The van der Waals surface area contributed by atoms with Crippen LogP contribution in [0.15, 0.2) is 46.5 Å². The van der Waals surface area contributed by atoms with Gasteiger partial charge in [0.25, 0.3) is 0 Å². The van der Waals surface area contributed by atoms with Crippen molar-refractivity contribution in [1.82, 2.24) is 15.0 Å². The van der Waals surface area contributed by atoms with Crippen molar-refractivity contribution in [2.75, 3.05) is 18.0 Å². The molecule has 2 N–H and O–H groups in total. The van der Waals surface area contributed by atoms with E-state index in [0.717, 1.165) is 47.2 Å². The molecule has 5 nitrogen and oxygen atoms in total. The summed E-state index contributed by atoms with van der Waals surface area (Å²) in [6.07, 6.45) is 3.68. The van der Waals surface area contributed by atoms with Crippen molar-refractivity contribution in [1.29, 1.82) is 0 Å². The first kappa shape index (κ1) is 18.7. The first-order valence-corrected chi connectivity index (χ1v) is 10.3. The van der Waals surface area contributed by atoms with Gasteiger partial charge in [0.1, 0.15) is 16.4 Å². The van der Waals surface area contributed by atoms with Crippen LogP contribution in [-0.2, 0) is 0 Å². The molecule has 4 rings (SSSR count). The second-order valence-electron chi connectivity index (χ2n) is 7.02. The van der Waals surface area contributed by atoms with E-state index in [9.17, 15) is 0 Å². The average molecular weight is 420 g/mol. The minimum absolute atomic E-state index is 0.0872. The Morgan fingerprint density at radius 3 is 2.67 bits per heavy atom. The van der Waals surface area contributed by atoms with Crippen molar-refractivity contribution < 1.29 is 0 Å². The van der Waals surface area contributed by atoms with Gasteiger partial charge in [-0.1, -0.05) is 41.0 Å². The number of piperidine rings is 1. The lowest BCUT2D eigenvalue weighted by Gasteiger charge is -2.37. The summed E-state index contributed by atoms with van der Waals surface area (Å²) in [5.74, 6) is 0.873. The summed E-state index contributed by atoms with van der Waals surface area (Å²) in [6.45, 7) is 3.88. The smallest absolute Gasteiger partial charge is 0.179 e. The molecule has 2 aromatic heterocycles. The summed E-state index contributed by atoms with van der Waals surface area (Å²) in [5, 5.41) is 1.86. The Morgan fingerprint density at radius 1 is 1.11 bits per heavy atom. The largest absolute Gasteiger partial charge is 0.355 e. The molecule has 1 fully saturated rings. The van der Waals surface area contributed by atoms with Crippen LogP contribution < -0.4 is 10.6 Å². The van der Waals surface area contributed by atoms with Gasteiger partial charge in [0.05, 0.1) is 16.2 Å². The molecule has 0 unspecified atom stereocenters. The third-order valence-electron chi connectivity index (χ3n) is 4.73. The molecule has 1 aliphatic rings. The molecular weight excluding hydrogens is 401 g/mol. The Bertz CT molecular complexity index is 985. The molecule has 0 amide bonds. The highest BCUT2D eigenvalue weighted by atomic mass is 35.5. The van der Waals surface area contributed by atoms with E-state index in [1.54, 1.807) is 12.3 Å². The summed E-state index contributed by atoms with van der Waals surface area (Å²) in [7, 11) is 0. The topological polar surface area (TPSA) is 67.9 Å². The Morgan fingerprint density at radius 2 is 1.89 bits per heavy atom. The monoisotopic (exact) mass is 419 g/mol. The van der Waals surface area contributed by atoms with Gasteiger partial charge in [-0.25, -0.2) is 15.0 Å². The number of halogens is 2. The number of rotatable bonds is 3. The maximum Gasteiger partial charge on any atom is 0.179 e. The van der Waals surface area contributed by atoms with Crippen molar-refractivity contribution in [2.24, 2.45) is 5.73 Å². The van der Waals surface area contributed by atoms with E-state index in [4.69, 9.17) is 33.9 Å². The van der Waals surface area contributed by atoms with Crippen LogP contribution in [0.2, 0.25) is 10.0 Å². The molecule has 1 saturated heterocycles. The van der Waals surface area contributed by atoms with Crippen LogP contribution in [0.5, 0.6) is 0 Å². The minimum Gasteiger partial charge on any atom is -0.355 e. The third-order valence-corrected chi connectivity index (χ3v) is 6.65. The fourth-order valence-corrected chi connectivity index (χ4v) is 4.32. The highest BCUT2D eigenvalue weighted by Crippen LogP contribution is 2.36. The maximum absolute atomic E-state index is 6.27. The SMILES string of the molecule is CC1(N)CCN(c2cnc3nc(Sc4cccc(Cl)c4Cl)ccc3n2)CC1.